The van der Waals surface area contributed by atoms with Gasteiger partial charge in [-0.05, 0) is 18.2 Å². The molecule has 0 saturated carbocycles. The third kappa shape index (κ3) is 5.68. The van der Waals surface area contributed by atoms with Gasteiger partial charge in [0.25, 0.3) is 0 Å². The lowest BCUT2D eigenvalue weighted by Crippen LogP contribution is -2.24. The number of aryl methyl sites for hydroxylation is 1. The monoisotopic (exact) mass is 339 g/mol. The minimum atomic E-state index is 0.0143. The number of aromatic nitrogens is 2. The van der Waals surface area contributed by atoms with Crippen molar-refractivity contribution in [1.82, 2.24) is 15.5 Å². The number of thioether (sulfide) groups is 2. The Labute approximate surface area is 137 Å². The van der Waals surface area contributed by atoms with Crippen LogP contribution in [0.4, 0.5) is 0 Å². The number of nitrogens with one attached hydrogen (secondary N) is 1. The summed E-state index contributed by atoms with van der Waals surface area (Å²) in [7, 11) is 0. The Morgan fingerprint density at radius 2 is 1.86 bits per heavy atom. The number of hydrogen-bond acceptors (Lipinski definition) is 6. The topological polar surface area (TPSA) is 54.9 Å². The van der Waals surface area contributed by atoms with E-state index in [1.54, 1.807) is 11.8 Å². The van der Waals surface area contributed by atoms with Crippen molar-refractivity contribution in [2.45, 2.75) is 29.1 Å². The van der Waals surface area contributed by atoms with Crippen LogP contribution in [0.15, 0.2) is 32.9 Å². The molecule has 0 saturated heterocycles. The van der Waals surface area contributed by atoms with Crippen LogP contribution in [0.25, 0.3) is 0 Å². The minimum absolute atomic E-state index is 0.0143. The first-order chi connectivity index (χ1) is 10.2. The Morgan fingerprint density at radius 1 is 1.19 bits per heavy atom. The van der Waals surface area contributed by atoms with Gasteiger partial charge in [-0.3, -0.25) is 4.79 Å². The summed E-state index contributed by atoms with van der Waals surface area (Å²) in [6, 6.07) is 8.15. The van der Waals surface area contributed by atoms with E-state index in [1.807, 2.05) is 31.2 Å². The quantitative estimate of drug-likeness (QED) is 0.784. The van der Waals surface area contributed by atoms with E-state index in [0.29, 0.717) is 12.3 Å². The molecule has 1 heterocycles. The molecule has 0 unspecified atom stereocenters. The van der Waals surface area contributed by atoms with Crippen molar-refractivity contribution in [3.8, 4) is 0 Å². The molecule has 0 aliphatic rings. The van der Waals surface area contributed by atoms with Gasteiger partial charge in [0.2, 0.25) is 5.91 Å². The molecule has 1 N–H and O–H groups in total. The molecule has 2 aromatic rings. The largest absolute Gasteiger partial charge is 0.351 e. The molecule has 0 bridgehead atoms. The Hall–Kier alpha value is -1.05. The van der Waals surface area contributed by atoms with Crippen LogP contribution >= 0.6 is 34.9 Å². The van der Waals surface area contributed by atoms with E-state index in [0.717, 1.165) is 20.0 Å². The predicted octanol–water partition coefficient (Wildman–Crippen LogP) is 3.37. The summed E-state index contributed by atoms with van der Waals surface area (Å²) < 4.78 is 1.80. The predicted molar refractivity (Wildman–Crippen MR) is 90.1 cm³/mol. The minimum Gasteiger partial charge on any atom is -0.351 e. The van der Waals surface area contributed by atoms with Gasteiger partial charge in [0.15, 0.2) is 8.68 Å². The summed E-state index contributed by atoms with van der Waals surface area (Å²) in [5.41, 5.74) is 2.33. The van der Waals surface area contributed by atoms with Crippen molar-refractivity contribution in [1.29, 1.82) is 0 Å². The maximum atomic E-state index is 11.8. The average Bonchev–Trinajstić information content (AvgIpc) is 2.93. The summed E-state index contributed by atoms with van der Waals surface area (Å²) >= 11 is 4.64. The first-order valence-electron chi connectivity index (χ1n) is 6.58. The molecule has 0 aliphatic carbocycles. The van der Waals surface area contributed by atoms with E-state index in [1.165, 1.54) is 28.7 Å². The maximum Gasteiger partial charge on any atom is 0.230 e. The fourth-order valence-corrected chi connectivity index (χ4v) is 4.27. The van der Waals surface area contributed by atoms with Crippen LogP contribution in [-0.2, 0) is 11.3 Å². The van der Waals surface area contributed by atoms with Gasteiger partial charge in [-0.1, -0.05) is 71.6 Å². The van der Waals surface area contributed by atoms with E-state index in [9.17, 15) is 4.79 Å². The highest BCUT2D eigenvalue weighted by molar-refractivity contribution is 8.03. The van der Waals surface area contributed by atoms with E-state index < -0.39 is 0 Å². The van der Waals surface area contributed by atoms with Crippen LogP contribution in [0.5, 0.6) is 0 Å². The van der Waals surface area contributed by atoms with Crippen LogP contribution in [0.3, 0.4) is 0 Å². The van der Waals surface area contributed by atoms with Crippen molar-refractivity contribution >= 4 is 40.8 Å². The van der Waals surface area contributed by atoms with Crippen molar-refractivity contribution in [2.75, 3.05) is 11.5 Å². The number of carbonyl (C=O) groups is 1. The first kappa shape index (κ1) is 16.3. The zero-order chi connectivity index (χ0) is 15.1. The molecule has 21 heavy (non-hydrogen) atoms. The van der Waals surface area contributed by atoms with Gasteiger partial charge < -0.3 is 5.32 Å². The van der Waals surface area contributed by atoms with Crippen LogP contribution in [0, 0.1) is 6.92 Å². The van der Waals surface area contributed by atoms with Gasteiger partial charge in [0.05, 0.1) is 5.75 Å². The number of nitrogens with zero attached hydrogens (tertiary/aromatic N) is 2. The summed E-state index contributed by atoms with van der Waals surface area (Å²) in [4.78, 5) is 11.8. The lowest BCUT2D eigenvalue weighted by molar-refractivity contribution is -0.118. The summed E-state index contributed by atoms with van der Waals surface area (Å²) in [5.74, 6) is 1.37. The number of amides is 1. The molecule has 0 aliphatic heterocycles. The molecule has 0 radical (unpaired) electrons. The summed E-state index contributed by atoms with van der Waals surface area (Å²) in [5, 5.41) is 11.0. The summed E-state index contributed by atoms with van der Waals surface area (Å²) in [6.07, 6.45) is 0. The van der Waals surface area contributed by atoms with Crippen LogP contribution in [0.1, 0.15) is 18.1 Å². The fourth-order valence-electron chi connectivity index (χ4n) is 1.52. The van der Waals surface area contributed by atoms with E-state index in [-0.39, 0.29) is 5.91 Å². The Morgan fingerprint density at radius 3 is 2.52 bits per heavy atom. The molecule has 1 aromatic carbocycles. The first-order valence-corrected chi connectivity index (χ1v) is 9.37. The molecule has 4 nitrogen and oxygen atoms in total. The highest BCUT2D eigenvalue weighted by atomic mass is 32.2. The van der Waals surface area contributed by atoms with E-state index in [4.69, 9.17) is 0 Å². The number of hydrogen-bond donors (Lipinski definition) is 1. The van der Waals surface area contributed by atoms with Crippen molar-refractivity contribution < 1.29 is 4.79 Å². The zero-order valence-electron chi connectivity index (χ0n) is 12.0. The third-order valence-electron chi connectivity index (χ3n) is 2.59. The summed E-state index contributed by atoms with van der Waals surface area (Å²) in [6.45, 7) is 4.69. The molecule has 2 rings (SSSR count). The SMILES string of the molecule is CCSc1nnc(SCC(=O)NCc2ccc(C)cc2)s1. The fraction of sp³-hybridized carbons (Fsp3) is 0.357. The second-order valence-electron chi connectivity index (χ2n) is 4.32. The highest BCUT2D eigenvalue weighted by Crippen LogP contribution is 2.28. The van der Waals surface area contributed by atoms with Crippen LogP contribution < -0.4 is 5.32 Å². The third-order valence-corrected chi connectivity index (χ3v) is 5.66. The normalized spacial score (nSPS) is 10.6. The average molecular weight is 340 g/mol. The Bertz CT molecular complexity index is 583. The lowest BCUT2D eigenvalue weighted by atomic mass is 10.1. The van der Waals surface area contributed by atoms with Crippen molar-refractivity contribution in [3.05, 3.63) is 35.4 Å². The second kappa shape index (κ2) is 8.41. The smallest absolute Gasteiger partial charge is 0.230 e. The molecule has 112 valence electrons. The number of carbonyl (C=O) groups excluding carboxylic acids is 1. The van der Waals surface area contributed by atoms with Gasteiger partial charge in [-0.15, -0.1) is 10.2 Å². The second-order valence-corrected chi connectivity index (χ2v) is 8.03. The Kier molecular flexibility index (Phi) is 6.53. The Balaban J connectivity index is 1.72. The molecule has 0 atom stereocenters. The number of benzene rings is 1. The standard InChI is InChI=1S/C14H17N3OS3/c1-3-19-13-16-17-14(21-13)20-9-12(18)15-8-11-6-4-10(2)5-7-11/h4-7H,3,8-9H2,1-2H3,(H,15,18). The highest BCUT2D eigenvalue weighted by Gasteiger charge is 2.08. The molecule has 0 spiro atoms. The van der Waals surface area contributed by atoms with E-state index >= 15 is 0 Å². The number of rotatable bonds is 7. The molecule has 1 amide bonds. The van der Waals surface area contributed by atoms with Crippen LogP contribution in [0.2, 0.25) is 0 Å². The van der Waals surface area contributed by atoms with Gasteiger partial charge in [0.1, 0.15) is 0 Å². The molecule has 1 aromatic heterocycles. The molecule has 0 fully saturated rings. The van der Waals surface area contributed by atoms with Crippen molar-refractivity contribution in [2.24, 2.45) is 0 Å². The molecule has 7 heteroatoms. The zero-order valence-corrected chi connectivity index (χ0v) is 14.4. The maximum absolute atomic E-state index is 11.8. The van der Waals surface area contributed by atoms with E-state index in [2.05, 4.69) is 22.4 Å². The van der Waals surface area contributed by atoms with Gasteiger partial charge >= 0.3 is 0 Å². The lowest BCUT2D eigenvalue weighted by Gasteiger charge is -2.04. The molecular weight excluding hydrogens is 322 g/mol. The van der Waals surface area contributed by atoms with Crippen molar-refractivity contribution in [3.63, 3.8) is 0 Å². The molecular formula is C14H17N3OS3. The van der Waals surface area contributed by atoms with Gasteiger partial charge in [-0.2, -0.15) is 0 Å². The van der Waals surface area contributed by atoms with Gasteiger partial charge in [-0.25, -0.2) is 0 Å². The van der Waals surface area contributed by atoms with Gasteiger partial charge in [0, 0.05) is 6.54 Å². The van der Waals surface area contributed by atoms with Crippen LogP contribution in [-0.4, -0.2) is 27.6 Å².